The maximum Gasteiger partial charge on any atom is 0.191 e. The van der Waals surface area contributed by atoms with Crippen LogP contribution in [-0.2, 0) is 16.3 Å². The summed E-state index contributed by atoms with van der Waals surface area (Å²) in [6.45, 7) is 8.51. The third-order valence-electron chi connectivity index (χ3n) is 3.57. The Balaban J connectivity index is 2.35. The van der Waals surface area contributed by atoms with Gasteiger partial charge in [0.1, 0.15) is 0 Å². The van der Waals surface area contributed by atoms with Gasteiger partial charge in [-0.15, -0.1) is 11.3 Å². The molecule has 0 saturated carbocycles. The van der Waals surface area contributed by atoms with Crippen LogP contribution in [0.25, 0.3) is 0 Å². The van der Waals surface area contributed by atoms with Crippen LogP contribution in [0, 0.1) is 5.92 Å². The molecule has 0 aromatic carbocycles. The molecule has 0 amide bonds. The van der Waals surface area contributed by atoms with E-state index in [2.05, 4.69) is 40.1 Å². The molecule has 132 valence electrons. The number of aliphatic imine (C=N–C) groups is 1. The SMILES string of the molecule is CN=C(NCCS(=O)(=O)C(C)(C)C)NCC(C)Cc1cccs1. The molecular weight excluding hydrogens is 330 g/mol. The van der Waals surface area contributed by atoms with Crippen LogP contribution in [0.5, 0.6) is 0 Å². The summed E-state index contributed by atoms with van der Waals surface area (Å²) in [6.07, 6.45) is 1.03. The summed E-state index contributed by atoms with van der Waals surface area (Å²) in [4.78, 5) is 5.51. The molecular formula is C16H29N3O2S2. The predicted molar refractivity (Wildman–Crippen MR) is 100 cm³/mol. The standard InChI is InChI=1S/C16H29N3O2S2/c1-13(11-14-7-6-9-22-14)12-19-15(17-5)18-8-10-23(20,21)16(2,3)4/h6-7,9,13H,8,10-12H2,1-5H3,(H2,17,18,19). The molecule has 1 aromatic rings. The van der Waals surface area contributed by atoms with Gasteiger partial charge in [-0.3, -0.25) is 4.99 Å². The molecule has 0 radical (unpaired) electrons. The molecule has 0 bridgehead atoms. The summed E-state index contributed by atoms with van der Waals surface area (Å²) in [5.74, 6) is 1.22. The number of hydrogen-bond acceptors (Lipinski definition) is 4. The molecule has 2 N–H and O–H groups in total. The fourth-order valence-corrected chi connectivity index (χ4v) is 3.80. The molecule has 0 aliphatic rings. The summed E-state index contributed by atoms with van der Waals surface area (Å²) >= 11 is 1.77. The lowest BCUT2D eigenvalue weighted by atomic mass is 10.1. The topological polar surface area (TPSA) is 70.6 Å². The average Bonchev–Trinajstić information content (AvgIpc) is 2.94. The maximum atomic E-state index is 12.1. The van der Waals surface area contributed by atoms with E-state index in [9.17, 15) is 8.42 Å². The van der Waals surface area contributed by atoms with Crippen LogP contribution in [0.4, 0.5) is 0 Å². The highest BCUT2D eigenvalue weighted by atomic mass is 32.2. The summed E-state index contributed by atoms with van der Waals surface area (Å²) in [6, 6.07) is 4.21. The Morgan fingerprint density at radius 2 is 2.04 bits per heavy atom. The normalized spacial score (nSPS) is 14.6. The van der Waals surface area contributed by atoms with Gasteiger partial charge in [-0.25, -0.2) is 8.42 Å². The molecule has 0 aliphatic heterocycles. The Morgan fingerprint density at radius 1 is 1.35 bits per heavy atom. The van der Waals surface area contributed by atoms with Gasteiger partial charge in [0.05, 0.1) is 10.5 Å². The van der Waals surface area contributed by atoms with Gasteiger partial charge in [-0.2, -0.15) is 0 Å². The number of thiophene rings is 1. The van der Waals surface area contributed by atoms with Crippen molar-refractivity contribution >= 4 is 27.1 Å². The van der Waals surface area contributed by atoms with Gasteiger partial charge in [0.2, 0.25) is 0 Å². The first kappa shape index (κ1) is 20.0. The minimum Gasteiger partial charge on any atom is -0.356 e. The molecule has 7 heteroatoms. The van der Waals surface area contributed by atoms with E-state index in [-0.39, 0.29) is 5.75 Å². The first-order valence-electron chi connectivity index (χ1n) is 7.85. The van der Waals surface area contributed by atoms with Crippen LogP contribution >= 0.6 is 11.3 Å². The van der Waals surface area contributed by atoms with Gasteiger partial charge >= 0.3 is 0 Å². The van der Waals surface area contributed by atoms with Gasteiger partial charge in [0.25, 0.3) is 0 Å². The second-order valence-corrected chi connectivity index (χ2v) is 10.6. The van der Waals surface area contributed by atoms with E-state index in [0.717, 1.165) is 13.0 Å². The largest absolute Gasteiger partial charge is 0.356 e. The molecule has 1 unspecified atom stereocenters. The Kier molecular flexibility index (Phi) is 7.54. The molecule has 1 atom stereocenters. The van der Waals surface area contributed by atoms with Crippen LogP contribution in [0.1, 0.15) is 32.6 Å². The van der Waals surface area contributed by atoms with Gasteiger partial charge in [-0.05, 0) is 44.6 Å². The number of rotatable bonds is 7. The molecule has 1 rings (SSSR count). The molecule has 0 aliphatic carbocycles. The predicted octanol–water partition coefficient (Wildman–Crippen LogP) is 2.31. The third kappa shape index (κ3) is 6.91. The van der Waals surface area contributed by atoms with E-state index in [4.69, 9.17) is 0 Å². The zero-order chi connectivity index (χ0) is 17.5. The number of nitrogens with one attached hydrogen (secondary N) is 2. The van der Waals surface area contributed by atoms with E-state index in [1.807, 2.05) is 0 Å². The molecule has 5 nitrogen and oxygen atoms in total. The van der Waals surface area contributed by atoms with Crippen LogP contribution in [0.2, 0.25) is 0 Å². The Labute approximate surface area is 144 Å². The summed E-state index contributed by atoms with van der Waals surface area (Å²) in [7, 11) is -1.42. The number of guanidine groups is 1. The first-order valence-corrected chi connectivity index (χ1v) is 10.4. The van der Waals surface area contributed by atoms with Crippen molar-refractivity contribution in [3.8, 4) is 0 Å². The van der Waals surface area contributed by atoms with Gasteiger partial charge < -0.3 is 10.6 Å². The fourth-order valence-electron chi connectivity index (χ4n) is 1.95. The van der Waals surface area contributed by atoms with E-state index in [0.29, 0.717) is 18.4 Å². The Morgan fingerprint density at radius 3 is 2.57 bits per heavy atom. The number of nitrogens with zero attached hydrogens (tertiary/aromatic N) is 1. The van der Waals surface area contributed by atoms with Crippen molar-refractivity contribution in [2.75, 3.05) is 25.9 Å². The van der Waals surface area contributed by atoms with Crippen molar-refractivity contribution in [3.63, 3.8) is 0 Å². The minimum absolute atomic E-state index is 0.0992. The van der Waals surface area contributed by atoms with Crippen molar-refractivity contribution < 1.29 is 8.42 Å². The van der Waals surface area contributed by atoms with Crippen molar-refractivity contribution in [2.24, 2.45) is 10.9 Å². The number of hydrogen-bond donors (Lipinski definition) is 2. The highest BCUT2D eigenvalue weighted by molar-refractivity contribution is 7.92. The van der Waals surface area contributed by atoms with Crippen molar-refractivity contribution in [3.05, 3.63) is 22.4 Å². The molecule has 1 heterocycles. The Bertz CT molecular complexity index is 587. The van der Waals surface area contributed by atoms with Gasteiger partial charge in [-0.1, -0.05) is 13.0 Å². The van der Waals surface area contributed by atoms with Crippen LogP contribution in [-0.4, -0.2) is 45.0 Å². The average molecular weight is 360 g/mol. The lowest BCUT2D eigenvalue weighted by Crippen LogP contribution is -2.43. The highest BCUT2D eigenvalue weighted by Crippen LogP contribution is 2.15. The zero-order valence-corrected chi connectivity index (χ0v) is 16.4. The van der Waals surface area contributed by atoms with Crippen LogP contribution < -0.4 is 10.6 Å². The van der Waals surface area contributed by atoms with E-state index >= 15 is 0 Å². The Hall–Kier alpha value is -1.08. The van der Waals surface area contributed by atoms with Crippen molar-refractivity contribution in [1.29, 1.82) is 0 Å². The zero-order valence-electron chi connectivity index (χ0n) is 14.7. The lowest BCUT2D eigenvalue weighted by molar-refractivity contribution is 0.555. The first-order chi connectivity index (χ1) is 10.7. The van der Waals surface area contributed by atoms with Gasteiger partial charge in [0, 0.05) is 25.0 Å². The summed E-state index contributed by atoms with van der Waals surface area (Å²) in [5, 5.41) is 8.42. The summed E-state index contributed by atoms with van der Waals surface area (Å²) < 4.78 is 23.4. The second-order valence-electron chi connectivity index (χ2n) is 6.70. The molecule has 23 heavy (non-hydrogen) atoms. The lowest BCUT2D eigenvalue weighted by Gasteiger charge is -2.20. The van der Waals surface area contributed by atoms with Crippen LogP contribution in [0.15, 0.2) is 22.5 Å². The molecule has 1 aromatic heterocycles. The van der Waals surface area contributed by atoms with Crippen molar-refractivity contribution in [2.45, 2.75) is 38.9 Å². The van der Waals surface area contributed by atoms with E-state index < -0.39 is 14.6 Å². The fraction of sp³-hybridized carbons (Fsp3) is 0.688. The molecule has 0 fully saturated rings. The molecule has 0 saturated heterocycles. The highest BCUT2D eigenvalue weighted by Gasteiger charge is 2.28. The third-order valence-corrected chi connectivity index (χ3v) is 7.07. The minimum atomic E-state index is -3.11. The molecule has 0 spiro atoms. The maximum absolute atomic E-state index is 12.1. The monoisotopic (exact) mass is 359 g/mol. The quantitative estimate of drug-likeness (QED) is 0.579. The van der Waals surface area contributed by atoms with E-state index in [1.165, 1.54) is 4.88 Å². The van der Waals surface area contributed by atoms with E-state index in [1.54, 1.807) is 39.2 Å². The van der Waals surface area contributed by atoms with Gasteiger partial charge in [0.15, 0.2) is 15.8 Å². The van der Waals surface area contributed by atoms with Crippen LogP contribution in [0.3, 0.4) is 0 Å². The second kappa shape index (κ2) is 8.68. The van der Waals surface area contributed by atoms with Crippen molar-refractivity contribution in [1.82, 2.24) is 10.6 Å². The number of sulfone groups is 1. The summed E-state index contributed by atoms with van der Waals surface area (Å²) in [5.41, 5.74) is 0. The smallest absolute Gasteiger partial charge is 0.191 e.